The minimum absolute atomic E-state index is 0.0362. The van der Waals surface area contributed by atoms with E-state index < -0.39 is 23.6 Å². The molecule has 0 unspecified atom stereocenters. The van der Waals surface area contributed by atoms with Crippen molar-refractivity contribution in [1.82, 2.24) is 4.90 Å². The number of carbonyl (C=O) groups excluding carboxylic acids is 2. The molecule has 3 amide bonds. The molecular weight excluding hydrogens is 415 g/mol. The molecule has 1 aromatic heterocycles. The fourth-order valence-corrected chi connectivity index (χ4v) is 3.68. The molecule has 1 aliphatic rings. The van der Waals surface area contributed by atoms with E-state index in [0.29, 0.717) is 25.9 Å². The van der Waals surface area contributed by atoms with E-state index in [9.17, 15) is 22.8 Å². The summed E-state index contributed by atoms with van der Waals surface area (Å²) >= 11 is 7.33. The number of anilines is 2. The van der Waals surface area contributed by atoms with Gasteiger partial charge in [0.25, 0.3) is 0 Å². The van der Waals surface area contributed by atoms with Crippen LogP contribution >= 0.6 is 22.9 Å². The Morgan fingerprint density at radius 3 is 2.46 bits per heavy atom. The summed E-state index contributed by atoms with van der Waals surface area (Å²) in [4.78, 5) is 26.3. The molecule has 0 aliphatic carbocycles. The number of halogens is 4. The Bertz CT molecular complexity index is 850. The van der Waals surface area contributed by atoms with Gasteiger partial charge < -0.3 is 10.2 Å². The summed E-state index contributed by atoms with van der Waals surface area (Å²) in [6, 6.07) is 6.18. The minimum atomic E-state index is -4.52. The van der Waals surface area contributed by atoms with E-state index in [1.165, 1.54) is 11.3 Å². The predicted octanol–water partition coefficient (Wildman–Crippen LogP) is 5.30. The molecule has 0 bridgehead atoms. The fourth-order valence-electron chi connectivity index (χ4n) is 2.91. The molecule has 2 N–H and O–H groups in total. The van der Waals surface area contributed by atoms with Gasteiger partial charge in [0.15, 0.2) is 0 Å². The first-order chi connectivity index (χ1) is 13.2. The lowest BCUT2D eigenvalue weighted by atomic mass is 9.96. The topological polar surface area (TPSA) is 61.4 Å². The van der Waals surface area contributed by atoms with E-state index in [2.05, 4.69) is 10.6 Å². The number of nitrogens with one attached hydrogen (secondary N) is 2. The molecule has 0 radical (unpaired) electrons. The van der Waals surface area contributed by atoms with Crippen molar-refractivity contribution in [2.75, 3.05) is 23.7 Å². The number of hydrogen-bond donors (Lipinski definition) is 2. The first-order valence-electron chi connectivity index (χ1n) is 8.51. The van der Waals surface area contributed by atoms with Crippen molar-refractivity contribution in [3.05, 3.63) is 46.3 Å². The fraction of sp³-hybridized carbons (Fsp3) is 0.333. The van der Waals surface area contributed by atoms with Crippen LogP contribution in [0.25, 0.3) is 0 Å². The van der Waals surface area contributed by atoms with Crippen LogP contribution < -0.4 is 10.6 Å². The van der Waals surface area contributed by atoms with Gasteiger partial charge in [0, 0.05) is 19.0 Å². The van der Waals surface area contributed by atoms with Gasteiger partial charge in [0.2, 0.25) is 5.91 Å². The van der Waals surface area contributed by atoms with Crippen molar-refractivity contribution in [1.29, 1.82) is 0 Å². The maximum absolute atomic E-state index is 12.8. The molecule has 2 heterocycles. The van der Waals surface area contributed by atoms with E-state index in [1.807, 2.05) is 11.4 Å². The Morgan fingerprint density at radius 1 is 1.14 bits per heavy atom. The van der Waals surface area contributed by atoms with Crippen LogP contribution in [0.4, 0.5) is 28.7 Å². The molecule has 1 aromatic carbocycles. The van der Waals surface area contributed by atoms with E-state index >= 15 is 0 Å². The minimum Gasteiger partial charge on any atom is -0.325 e. The Labute approximate surface area is 168 Å². The highest BCUT2D eigenvalue weighted by Gasteiger charge is 2.32. The van der Waals surface area contributed by atoms with Crippen LogP contribution in [0.15, 0.2) is 35.7 Å². The number of piperidine rings is 1. The summed E-state index contributed by atoms with van der Waals surface area (Å²) in [5.74, 6) is -0.809. The summed E-state index contributed by atoms with van der Waals surface area (Å²) in [7, 11) is 0. The maximum Gasteiger partial charge on any atom is 0.416 e. The van der Waals surface area contributed by atoms with E-state index in [1.54, 1.807) is 11.0 Å². The van der Waals surface area contributed by atoms with Crippen molar-refractivity contribution >= 4 is 45.6 Å². The van der Waals surface area contributed by atoms with Gasteiger partial charge in [-0.15, -0.1) is 11.3 Å². The van der Waals surface area contributed by atoms with Gasteiger partial charge >= 0.3 is 12.2 Å². The molecule has 0 saturated carbocycles. The zero-order valence-corrected chi connectivity index (χ0v) is 16.1. The summed E-state index contributed by atoms with van der Waals surface area (Å²) in [5.41, 5.74) is -0.952. The third-order valence-electron chi connectivity index (χ3n) is 4.46. The number of thiophene rings is 1. The Kier molecular flexibility index (Phi) is 6.14. The standard InChI is InChI=1S/C18H17ClF3N3O2S/c19-13-4-3-12(18(20,21)22)10-14(13)23-16(26)11-5-7-25(8-6-11)17(27)24-15-2-1-9-28-15/h1-4,9-11H,5-8H2,(H,23,26)(H,24,27). The lowest BCUT2D eigenvalue weighted by molar-refractivity contribution is -0.137. The van der Waals surface area contributed by atoms with E-state index in [-0.39, 0.29) is 16.7 Å². The SMILES string of the molecule is O=C(Nc1cc(C(F)(F)F)ccc1Cl)C1CCN(C(=O)Nc2cccs2)CC1. The molecule has 3 rings (SSSR count). The van der Waals surface area contributed by atoms with Gasteiger partial charge in [0.1, 0.15) is 0 Å². The van der Waals surface area contributed by atoms with Crippen LogP contribution in [0, 0.1) is 5.92 Å². The number of carbonyl (C=O) groups is 2. The Balaban J connectivity index is 1.56. The van der Waals surface area contributed by atoms with E-state index in [4.69, 9.17) is 11.6 Å². The van der Waals surface area contributed by atoms with Gasteiger partial charge in [0.05, 0.1) is 21.3 Å². The molecule has 1 fully saturated rings. The van der Waals surface area contributed by atoms with Crippen LogP contribution in [0.3, 0.4) is 0 Å². The van der Waals surface area contributed by atoms with Crippen molar-refractivity contribution < 1.29 is 22.8 Å². The highest BCUT2D eigenvalue weighted by Crippen LogP contribution is 2.34. The molecule has 5 nitrogen and oxygen atoms in total. The summed E-state index contributed by atoms with van der Waals surface area (Å²) in [6.45, 7) is 0.761. The third-order valence-corrected chi connectivity index (χ3v) is 5.57. The van der Waals surface area contributed by atoms with Gasteiger partial charge in [-0.1, -0.05) is 11.6 Å². The monoisotopic (exact) mass is 431 g/mol. The Hall–Kier alpha value is -2.26. The summed E-state index contributed by atoms with van der Waals surface area (Å²) in [5, 5.41) is 7.90. The number of nitrogens with zero attached hydrogens (tertiary/aromatic N) is 1. The molecule has 2 aromatic rings. The normalized spacial score (nSPS) is 15.4. The summed E-state index contributed by atoms with van der Waals surface area (Å²) in [6.07, 6.45) is -3.69. The second-order valence-electron chi connectivity index (χ2n) is 6.35. The summed E-state index contributed by atoms with van der Waals surface area (Å²) < 4.78 is 38.5. The van der Waals surface area contributed by atoms with Gasteiger partial charge in [-0.3, -0.25) is 10.1 Å². The van der Waals surface area contributed by atoms with Gasteiger partial charge in [-0.25, -0.2) is 4.79 Å². The molecule has 0 spiro atoms. The second kappa shape index (κ2) is 8.40. The van der Waals surface area contributed by atoms with Crippen LogP contribution in [0.1, 0.15) is 18.4 Å². The van der Waals surface area contributed by atoms with Crippen molar-refractivity contribution in [3.8, 4) is 0 Å². The number of urea groups is 1. The van der Waals surface area contributed by atoms with Gasteiger partial charge in [-0.05, 0) is 48.6 Å². The number of amides is 3. The number of alkyl halides is 3. The highest BCUT2D eigenvalue weighted by molar-refractivity contribution is 7.14. The molecule has 1 aliphatic heterocycles. The Morgan fingerprint density at radius 2 is 1.86 bits per heavy atom. The largest absolute Gasteiger partial charge is 0.416 e. The molecular formula is C18H17ClF3N3O2S. The smallest absolute Gasteiger partial charge is 0.325 e. The maximum atomic E-state index is 12.8. The van der Waals surface area contributed by atoms with Crippen molar-refractivity contribution in [2.45, 2.75) is 19.0 Å². The number of likely N-dealkylation sites (tertiary alicyclic amines) is 1. The average Bonchev–Trinajstić information content (AvgIpc) is 3.15. The number of hydrogen-bond acceptors (Lipinski definition) is 3. The lowest BCUT2D eigenvalue weighted by Crippen LogP contribution is -2.43. The number of benzene rings is 1. The first kappa shape index (κ1) is 20.5. The van der Waals surface area contributed by atoms with Crippen LogP contribution in [-0.2, 0) is 11.0 Å². The lowest BCUT2D eigenvalue weighted by Gasteiger charge is -2.31. The third kappa shape index (κ3) is 4.96. The van der Waals surface area contributed by atoms with Gasteiger partial charge in [-0.2, -0.15) is 13.2 Å². The molecule has 1 saturated heterocycles. The molecule has 10 heteroatoms. The van der Waals surface area contributed by atoms with E-state index in [0.717, 1.165) is 23.2 Å². The molecule has 28 heavy (non-hydrogen) atoms. The number of rotatable bonds is 3. The van der Waals surface area contributed by atoms with Crippen molar-refractivity contribution in [2.24, 2.45) is 5.92 Å². The van der Waals surface area contributed by atoms with Crippen LogP contribution in [0.2, 0.25) is 5.02 Å². The zero-order valence-electron chi connectivity index (χ0n) is 14.6. The second-order valence-corrected chi connectivity index (χ2v) is 7.71. The van der Waals surface area contributed by atoms with Crippen LogP contribution in [0.5, 0.6) is 0 Å². The van der Waals surface area contributed by atoms with Crippen LogP contribution in [-0.4, -0.2) is 29.9 Å². The quantitative estimate of drug-likeness (QED) is 0.692. The zero-order chi connectivity index (χ0) is 20.3. The highest BCUT2D eigenvalue weighted by atomic mass is 35.5. The van der Waals surface area contributed by atoms with Crippen molar-refractivity contribution in [3.63, 3.8) is 0 Å². The molecule has 0 atom stereocenters. The predicted molar refractivity (Wildman–Crippen MR) is 103 cm³/mol. The average molecular weight is 432 g/mol. The molecule has 150 valence electrons. The first-order valence-corrected chi connectivity index (χ1v) is 9.77.